The van der Waals surface area contributed by atoms with Gasteiger partial charge in [-0.15, -0.1) is 0 Å². The first kappa shape index (κ1) is 9.92. The molecule has 0 saturated carbocycles. The van der Waals surface area contributed by atoms with Crippen molar-refractivity contribution in [3.8, 4) is 0 Å². The second-order valence-corrected chi connectivity index (χ2v) is 2.99. The van der Waals surface area contributed by atoms with E-state index >= 15 is 0 Å². The van der Waals surface area contributed by atoms with Gasteiger partial charge < -0.3 is 10.6 Å². The van der Waals surface area contributed by atoms with E-state index in [2.05, 4.69) is 10.6 Å². The van der Waals surface area contributed by atoms with Gasteiger partial charge in [0.25, 0.3) is 0 Å². The average Bonchev–Trinajstić information content (AvgIpc) is 2.15. The first-order valence-corrected chi connectivity index (χ1v) is 4.44. The molecule has 1 aromatic rings. The van der Waals surface area contributed by atoms with Gasteiger partial charge in [-0.2, -0.15) is 0 Å². The molecule has 1 aromatic carbocycles. The molecule has 1 rings (SSSR count). The molecule has 0 fully saturated rings. The van der Waals surface area contributed by atoms with Crippen LogP contribution < -0.4 is 21.5 Å². The predicted octanol–water partition coefficient (Wildman–Crippen LogP) is -0.306. The van der Waals surface area contributed by atoms with Crippen LogP contribution in [0.5, 0.6) is 0 Å². The van der Waals surface area contributed by atoms with Crippen LogP contribution in [0.25, 0.3) is 0 Å². The summed E-state index contributed by atoms with van der Waals surface area (Å²) in [5.74, 6) is 0. The second-order valence-electron chi connectivity index (χ2n) is 2.99. The van der Waals surface area contributed by atoms with Crippen molar-refractivity contribution in [2.75, 3.05) is 25.5 Å². The first-order valence-electron chi connectivity index (χ1n) is 4.44. The van der Waals surface area contributed by atoms with Crippen LogP contribution in [0.3, 0.4) is 0 Å². The minimum atomic E-state index is -0.391. The predicted molar refractivity (Wildman–Crippen MR) is 53.0 cm³/mol. The number of unbranched alkanes of at least 4 members (excludes halogenated alkanes) is 1. The fourth-order valence-corrected chi connectivity index (χ4v) is 1.10. The zero-order chi connectivity index (χ0) is 9.68. The molecular formula is C9H14N2O2. The Kier molecular flexibility index (Phi) is 3.64. The number of nitrogens with one attached hydrogen (secondary N) is 2. The summed E-state index contributed by atoms with van der Waals surface area (Å²) in [4.78, 5) is 21.3. The molecule has 0 spiro atoms. The van der Waals surface area contributed by atoms with E-state index in [-0.39, 0.29) is 5.43 Å². The van der Waals surface area contributed by atoms with Crippen LogP contribution in [0.2, 0.25) is 0 Å². The van der Waals surface area contributed by atoms with E-state index in [0.717, 1.165) is 25.9 Å². The minimum absolute atomic E-state index is 0.381. The Labute approximate surface area is 76.7 Å². The quantitative estimate of drug-likeness (QED) is 0.468. The highest BCUT2D eigenvalue weighted by molar-refractivity contribution is 5.46. The van der Waals surface area contributed by atoms with E-state index in [9.17, 15) is 9.59 Å². The Morgan fingerprint density at radius 1 is 1.23 bits per heavy atom. The van der Waals surface area contributed by atoms with Crippen LogP contribution in [0.15, 0.2) is 15.7 Å². The minimum Gasteiger partial charge on any atom is -0.382 e. The summed E-state index contributed by atoms with van der Waals surface area (Å²) in [5, 5.41) is 5.96. The van der Waals surface area contributed by atoms with Gasteiger partial charge in [0, 0.05) is 12.6 Å². The third kappa shape index (κ3) is 2.66. The van der Waals surface area contributed by atoms with Gasteiger partial charge in [0.05, 0.1) is 5.69 Å². The van der Waals surface area contributed by atoms with Crippen molar-refractivity contribution in [2.45, 2.75) is 12.8 Å². The molecule has 0 aliphatic carbocycles. The van der Waals surface area contributed by atoms with E-state index in [4.69, 9.17) is 0 Å². The molecule has 0 aromatic heterocycles. The smallest absolute Gasteiger partial charge is 0.248 e. The SMILES string of the molecule is CNCCCCNc1cc(=O)c1=O. The lowest BCUT2D eigenvalue weighted by atomic mass is 10.2. The average molecular weight is 182 g/mol. The fraction of sp³-hybridized carbons (Fsp3) is 0.556. The molecule has 0 aliphatic rings. The molecule has 0 aliphatic heterocycles. The molecule has 4 heteroatoms. The largest absolute Gasteiger partial charge is 0.382 e. The lowest BCUT2D eigenvalue weighted by Gasteiger charge is -2.05. The number of hydrogen-bond donors (Lipinski definition) is 2. The molecule has 0 amide bonds. The Bertz CT molecular complexity index is 326. The van der Waals surface area contributed by atoms with Crippen LogP contribution in [0.4, 0.5) is 5.69 Å². The van der Waals surface area contributed by atoms with Crippen molar-refractivity contribution >= 4 is 5.69 Å². The van der Waals surface area contributed by atoms with Gasteiger partial charge in [-0.05, 0) is 26.4 Å². The third-order valence-corrected chi connectivity index (χ3v) is 1.91. The normalized spacial score (nSPS) is 10.5. The number of anilines is 1. The van der Waals surface area contributed by atoms with Crippen molar-refractivity contribution in [1.29, 1.82) is 0 Å². The zero-order valence-corrected chi connectivity index (χ0v) is 7.72. The van der Waals surface area contributed by atoms with Crippen molar-refractivity contribution in [2.24, 2.45) is 0 Å². The molecule has 0 saturated heterocycles. The van der Waals surface area contributed by atoms with Crippen LogP contribution in [0, 0.1) is 0 Å². The number of rotatable bonds is 6. The molecule has 0 radical (unpaired) electrons. The van der Waals surface area contributed by atoms with Gasteiger partial charge in [-0.1, -0.05) is 0 Å². The van der Waals surface area contributed by atoms with E-state index in [0.29, 0.717) is 5.69 Å². The van der Waals surface area contributed by atoms with Gasteiger partial charge in [0.2, 0.25) is 10.9 Å². The van der Waals surface area contributed by atoms with Gasteiger partial charge in [-0.25, -0.2) is 0 Å². The summed E-state index contributed by atoms with van der Waals surface area (Å²) >= 11 is 0. The molecule has 4 nitrogen and oxygen atoms in total. The van der Waals surface area contributed by atoms with Crippen molar-refractivity contribution in [3.63, 3.8) is 0 Å². The summed E-state index contributed by atoms with van der Waals surface area (Å²) < 4.78 is 0. The molecule has 0 heterocycles. The summed E-state index contributed by atoms with van der Waals surface area (Å²) in [6.07, 6.45) is 2.07. The highest BCUT2D eigenvalue weighted by atomic mass is 16.2. The lowest BCUT2D eigenvalue weighted by molar-refractivity contribution is 0.694. The summed E-state index contributed by atoms with van der Waals surface area (Å²) in [6, 6.07) is 1.35. The van der Waals surface area contributed by atoms with Crippen LogP contribution >= 0.6 is 0 Å². The lowest BCUT2D eigenvalue weighted by Crippen LogP contribution is -2.32. The maximum atomic E-state index is 10.8. The van der Waals surface area contributed by atoms with Gasteiger partial charge >= 0.3 is 0 Å². The standard InChI is InChI=1S/C9H14N2O2/c1-10-4-2-3-5-11-7-6-8(12)9(7)13/h6,10-11H,2-5H2,1H3. The molecule has 0 unspecified atom stereocenters. The monoisotopic (exact) mass is 182 g/mol. The van der Waals surface area contributed by atoms with E-state index in [1.54, 1.807) is 0 Å². The van der Waals surface area contributed by atoms with Crippen LogP contribution in [-0.4, -0.2) is 20.1 Å². The third-order valence-electron chi connectivity index (χ3n) is 1.91. The maximum Gasteiger partial charge on any atom is 0.248 e. The molecule has 2 N–H and O–H groups in total. The van der Waals surface area contributed by atoms with E-state index in [1.165, 1.54) is 6.07 Å². The first-order chi connectivity index (χ1) is 6.25. The molecular weight excluding hydrogens is 168 g/mol. The molecule has 0 atom stereocenters. The zero-order valence-electron chi connectivity index (χ0n) is 7.72. The van der Waals surface area contributed by atoms with Crippen LogP contribution in [-0.2, 0) is 0 Å². The Hall–Kier alpha value is -1.16. The van der Waals surface area contributed by atoms with Crippen LogP contribution in [0.1, 0.15) is 12.8 Å². The van der Waals surface area contributed by atoms with Gasteiger partial charge in [0.1, 0.15) is 0 Å². The van der Waals surface area contributed by atoms with E-state index in [1.807, 2.05) is 7.05 Å². The van der Waals surface area contributed by atoms with Crippen molar-refractivity contribution in [1.82, 2.24) is 5.32 Å². The van der Waals surface area contributed by atoms with Gasteiger partial charge in [-0.3, -0.25) is 9.59 Å². The Balaban J connectivity index is 2.12. The number of hydrogen-bond acceptors (Lipinski definition) is 4. The second kappa shape index (κ2) is 4.77. The van der Waals surface area contributed by atoms with Crippen molar-refractivity contribution in [3.05, 3.63) is 26.5 Å². The topological polar surface area (TPSA) is 58.2 Å². The molecule has 0 bridgehead atoms. The van der Waals surface area contributed by atoms with E-state index < -0.39 is 5.43 Å². The molecule has 13 heavy (non-hydrogen) atoms. The highest BCUT2D eigenvalue weighted by Gasteiger charge is 2.06. The maximum absolute atomic E-state index is 10.8. The summed E-state index contributed by atoms with van der Waals surface area (Å²) in [6.45, 7) is 1.74. The van der Waals surface area contributed by atoms with Gasteiger partial charge in [0.15, 0.2) is 0 Å². The Morgan fingerprint density at radius 2 is 1.92 bits per heavy atom. The summed E-state index contributed by atoms with van der Waals surface area (Å²) in [5.41, 5.74) is -0.305. The van der Waals surface area contributed by atoms with Crippen molar-refractivity contribution < 1.29 is 0 Å². The highest BCUT2D eigenvalue weighted by Crippen LogP contribution is 1.96. The fourth-order valence-electron chi connectivity index (χ4n) is 1.10. The Morgan fingerprint density at radius 3 is 2.46 bits per heavy atom. The molecule has 72 valence electrons. The summed E-state index contributed by atoms with van der Waals surface area (Å²) in [7, 11) is 1.91.